The van der Waals surface area contributed by atoms with Crippen LogP contribution in [-0.2, 0) is 4.79 Å². The molecule has 19 heavy (non-hydrogen) atoms. The van der Waals surface area contributed by atoms with E-state index in [0.29, 0.717) is 5.56 Å². The Kier molecular flexibility index (Phi) is 4.47. The van der Waals surface area contributed by atoms with E-state index >= 15 is 0 Å². The van der Waals surface area contributed by atoms with Crippen LogP contribution in [0.15, 0.2) is 18.5 Å². The van der Waals surface area contributed by atoms with E-state index in [-0.39, 0.29) is 10.5 Å². The fourth-order valence-corrected chi connectivity index (χ4v) is 1.43. The van der Waals surface area contributed by atoms with Crippen LogP contribution >= 0.6 is 0 Å². The van der Waals surface area contributed by atoms with Crippen LogP contribution in [0.2, 0.25) is 0 Å². The molecule has 1 rings (SSSR count). The van der Waals surface area contributed by atoms with Gasteiger partial charge in [-0.2, -0.15) is 13.2 Å². The normalized spacial score (nSPS) is 11.2. The maximum Gasteiger partial charge on any atom is 0.406 e. The Labute approximate surface area is 106 Å². The van der Waals surface area contributed by atoms with E-state index in [0.717, 1.165) is 6.20 Å². The zero-order valence-electron chi connectivity index (χ0n) is 9.94. The molecule has 0 unspecified atom stereocenters. The summed E-state index contributed by atoms with van der Waals surface area (Å²) in [4.78, 5) is 26.3. The number of alkyl halides is 3. The fraction of sp³-hybridized carbons (Fsp3) is 0.364. The quantitative estimate of drug-likeness (QED) is 0.904. The number of aromatic nitrogens is 1. The molecule has 1 heterocycles. The zero-order valence-corrected chi connectivity index (χ0v) is 9.94. The molecule has 0 fully saturated rings. The van der Waals surface area contributed by atoms with Crippen LogP contribution in [0.4, 0.5) is 13.2 Å². The average Bonchev–Trinajstić information content (AvgIpc) is 2.24. The summed E-state index contributed by atoms with van der Waals surface area (Å²) in [6, 6.07) is 1.35. The van der Waals surface area contributed by atoms with E-state index in [9.17, 15) is 22.8 Å². The van der Waals surface area contributed by atoms with Crippen LogP contribution in [0.3, 0.4) is 0 Å². The molecule has 0 saturated heterocycles. The largest absolute Gasteiger partial charge is 0.480 e. The maximum atomic E-state index is 12.3. The van der Waals surface area contributed by atoms with Gasteiger partial charge < -0.3 is 10.0 Å². The second-order valence-electron chi connectivity index (χ2n) is 3.92. The fourth-order valence-electron chi connectivity index (χ4n) is 1.43. The highest BCUT2D eigenvalue weighted by molar-refractivity contribution is 5.95. The molecular weight excluding hydrogens is 265 g/mol. The summed E-state index contributed by atoms with van der Waals surface area (Å²) >= 11 is 0. The summed E-state index contributed by atoms with van der Waals surface area (Å²) in [6.07, 6.45) is -2.13. The lowest BCUT2D eigenvalue weighted by Crippen LogP contribution is -2.42. The average molecular weight is 276 g/mol. The zero-order chi connectivity index (χ0) is 14.6. The number of halogens is 3. The van der Waals surface area contributed by atoms with Crippen molar-refractivity contribution < 1.29 is 27.9 Å². The van der Waals surface area contributed by atoms with Crippen molar-refractivity contribution >= 4 is 11.9 Å². The van der Waals surface area contributed by atoms with E-state index in [1.807, 2.05) is 0 Å². The molecule has 5 nitrogen and oxygen atoms in total. The number of nitrogens with zero attached hydrogens (tertiary/aromatic N) is 2. The lowest BCUT2D eigenvalue weighted by Gasteiger charge is -2.22. The Hall–Kier alpha value is -2.12. The first-order valence-electron chi connectivity index (χ1n) is 5.18. The van der Waals surface area contributed by atoms with E-state index in [1.54, 1.807) is 6.92 Å². The molecule has 0 aliphatic rings. The van der Waals surface area contributed by atoms with Gasteiger partial charge >= 0.3 is 12.1 Å². The van der Waals surface area contributed by atoms with Gasteiger partial charge in [-0.3, -0.25) is 14.6 Å². The predicted molar refractivity (Wildman–Crippen MR) is 58.6 cm³/mol. The van der Waals surface area contributed by atoms with Gasteiger partial charge in [-0.25, -0.2) is 0 Å². The third-order valence-electron chi connectivity index (χ3n) is 2.11. The van der Waals surface area contributed by atoms with Crippen molar-refractivity contribution in [2.24, 2.45) is 0 Å². The topological polar surface area (TPSA) is 70.5 Å². The van der Waals surface area contributed by atoms with E-state index in [1.165, 1.54) is 12.3 Å². The Balaban J connectivity index is 2.97. The summed E-state index contributed by atoms with van der Waals surface area (Å²) in [5.74, 6) is -2.53. The van der Waals surface area contributed by atoms with Gasteiger partial charge in [0.05, 0.1) is 5.56 Å². The maximum absolute atomic E-state index is 12.3. The van der Waals surface area contributed by atoms with Gasteiger partial charge in [0.15, 0.2) is 0 Å². The van der Waals surface area contributed by atoms with Crippen molar-refractivity contribution in [1.29, 1.82) is 0 Å². The van der Waals surface area contributed by atoms with Gasteiger partial charge in [-0.15, -0.1) is 0 Å². The number of rotatable bonds is 4. The Morgan fingerprint density at radius 3 is 2.47 bits per heavy atom. The van der Waals surface area contributed by atoms with Gasteiger partial charge in [-0.05, 0) is 18.6 Å². The Morgan fingerprint density at radius 1 is 1.37 bits per heavy atom. The van der Waals surface area contributed by atoms with Gasteiger partial charge in [0.2, 0.25) is 0 Å². The summed E-state index contributed by atoms with van der Waals surface area (Å²) in [5, 5.41) is 8.55. The van der Waals surface area contributed by atoms with Crippen molar-refractivity contribution in [2.45, 2.75) is 13.1 Å². The molecule has 1 aromatic rings. The van der Waals surface area contributed by atoms with Crippen molar-refractivity contribution in [2.75, 3.05) is 13.1 Å². The molecule has 1 aromatic heterocycles. The first-order chi connectivity index (χ1) is 8.69. The summed E-state index contributed by atoms with van der Waals surface area (Å²) in [6.45, 7) is -1.02. The molecule has 0 radical (unpaired) electrons. The Bertz CT molecular complexity index is 488. The third kappa shape index (κ3) is 4.94. The number of pyridine rings is 1. The number of carboxylic acid groups (broad SMARTS) is 1. The highest BCUT2D eigenvalue weighted by Crippen LogP contribution is 2.18. The highest BCUT2D eigenvalue weighted by atomic mass is 19.4. The molecule has 0 bridgehead atoms. The number of carbonyl (C=O) groups excluding carboxylic acids is 1. The lowest BCUT2D eigenvalue weighted by atomic mass is 10.2. The molecule has 104 valence electrons. The van der Waals surface area contributed by atoms with Crippen molar-refractivity contribution in [3.63, 3.8) is 0 Å². The van der Waals surface area contributed by atoms with Crippen LogP contribution in [0.25, 0.3) is 0 Å². The van der Waals surface area contributed by atoms with E-state index < -0.39 is 31.1 Å². The van der Waals surface area contributed by atoms with E-state index in [4.69, 9.17) is 5.11 Å². The van der Waals surface area contributed by atoms with Crippen LogP contribution in [0, 0.1) is 6.92 Å². The van der Waals surface area contributed by atoms with Crippen LogP contribution in [0.1, 0.15) is 15.9 Å². The SMILES string of the molecule is Cc1cncc(C(=O)N(CC(=O)O)CC(F)(F)F)c1. The third-order valence-corrected chi connectivity index (χ3v) is 2.11. The smallest absolute Gasteiger partial charge is 0.406 e. The molecule has 0 aliphatic heterocycles. The summed E-state index contributed by atoms with van der Waals surface area (Å²) < 4.78 is 36.9. The van der Waals surface area contributed by atoms with Gasteiger partial charge in [0.1, 0.15) is 13.1 Å². The second kappa shape index (κ2) is 5.68. The Morgan fingerprint density at radius 2 is 2.00 bits per heavy atom. The minimum Gasteiger partial charge on any atom is -0.480 e. The number of aliphatic carboxylic acids is 1. The minimum absolute atomic E-state index is 0.0782. The monoisotopic (exact) mass is 276 g/mol. The van der Waals surface area contributed by atoms with E-state index in [2.05, 4.69) is 4.98 Å². The lowest BCUT2D eigenvalue weighted by molar-refractivity contribution is -0.149. The molecule has 1 N–H and O–H groups in total. The van der Waals surface area contributed by atoms with Crippen LogP contribution in [0.5, 0.6) is 0 Å². The molecule has 0 spiro atoms. The standard InChI is InChI=1S/C11H11F3N2O3/c1-7-2-8(4-15-3-7)10(19)16(5-9(17)18)6-11(12,13)14/h2-4H,5-6H2,1H3,(H,17,18). The molecule has 0 saturated carbocycles. The molecule has 0 aromatic carbocycles. The van der Waals surface area contributed by atoms with Gasteiger partial charge in [0.25, 0.3) is 5.91 Å². The highest BCUT2D eigenvalue weighted by Gasteiger charge is 2.34. The first-order valence-corrected chi connectivity index (χ1v) is 5.18. The van der Waals surface area contributed by atoms with Crippen molar-refractivity contribution in [3.05, 3.63) is 29.6 Å². The number of carbonyl (C=O) groups is 2. The second-order valence-corrected chi connectivity index (χ2v) is 3.92. The number of hydrogen-bond acceptors (Lipinski definition) is 3. The number of carboxylic acids is 1. The van der Waals surface area contributed by atoms with Crippen LogP contribution < -0.4 is 0 Å². The predicted octanol–water partition coefficient (Wildman–Crippen LogP) is 1.48. The number of hydrogen-bond donors (Lipinski definition) is 1. The molecular formula is C11H11F3N2O3. The molecule has 0 aliphatic carbocycles. The minimum atomic E-state index is -4.66. The van der Waals surface area contributed by atoms with Gasteiger partial charge in [-0.1, -0.05) is 0 Å². The van der Waals surface area contributed by atoms with Crippen molar-refractivity contribution in [3.8, 4) is 0 Å². The molecule has 1 amide bonds. The summed E-state index contributed by atoms with van der Waals surface area (Å²) in [7, 11) is 0. The van der Waals surface area contributed by atoms with Crippen molar-refractivity contribution in [1.82, 2.24) is 9.88 Å². The van der Waals surface area contributed by atoms with Crippen LogP contribution in [-0.4, -0.2) is 46.1 Å². The number of amides is 1. The molecule has 8 heteroatoms. The molecule has 0 atom stereocenters. The number of aryl methyl sites for hydroxylation is 1. The van der Waals surface area contributed by atoms with Gasteiger partial charge in [0, 0.05) is 12.4 Å². The first kappa shape index (κ1) is 14.9. The summed E-state index contributed by atoms with van der Waals surface area (Å²) in [5.41, 5.74) is 0.513.